The zero-order valence-corrected chi connectivity index (χ0v) is 18.0. The molecule has 0 bridgehead atoms. The molecule has 0 atom stereocenters. The lowest BCUT2D eigenvalue weighted by atomic mass is 9.82. The van der Waals surface area contributed by atoms with E-state index in [-0.39, 0.29) is 11.1 Å². The second-order valence-electron chi connectivity index (χ2n) is 8.45. The number of alkyl halides is 3. The van der Waals surface area contributed by atoms with E-state index in [1.54, 1.807) is 0 Å². The number of aryl methyl sites for hydroxylation is 2. The van der Waals surface area contributed by atoms with Crippen LogP contribution < -0.4 is 0 Å². The van der Waals surface area contributed by atoms with Gasteiger partial charge in [0.1, 0.15) is 11.6 Å². The van der Waals surface area contributed by atoms with Crippen LogP contribution in [0.4, 0.5) is 22.0 Å². The van der Waals surface area contributed by atoms with Crippen molar-refractivity contribution in [1.82, 2.24) is 0 Å². The van der Waals surface area contributed by atoms with Crippen molar-refractivity contribution in [2.75, 3.05) is 0 Å². The molecule has 1 aliphatic rings. The molecular formula is C27H25F5. The molecule has 168 valence electrons. The van der Waals surface area contributed by atoms with E-state index < -0.39 is 23.4 Å². The summed E-state index contributed by atoms with van der Waals surface area (Å²) in [5.41, 5.74) is 3.11. The van der Waals surface area contributed by atoms with Gasteiger partial charge in [-0.05, 0) is 77.3 Å². The van der Waals surface area contributed by atoms with Crippen molar-refractivity contribution in [3.8, 4) is 22.3 Å². The van der Waals surface area contributed by atoms with Crippen LogP contribution in [0.2, 0.25) is 0 Å². The molecule has 4 rings (SSSR count). The molecule has 32 heavy (non-hydrogen) atoms. The smallest absolute Gasteiger partial charge is 0.206 e. The highest BCUT2D eigenvalue weighted by Crippen LogP contribution is 2.41. The van der Waals surface area contributed by atoms with E-state index in [4.69, 9.17) is 0 Å². The SMILES string of the molecule is CCCCCCc1ccc2c(c1)CCc1c-2cc(F)c(-c2ccc(C(F)(F)F)cc2)c1F. The van der Waals surface area contributed by atoms with Crippen molar-refractivity contribution in [2.24, 2.45) is 0 Å². The minimum atomic E-state index is -4.50. The molecule has 0 saturated carbocycles. The first-order chi connectivity index (χ1) is 15.3. The molecule has 3 aromatic rings. The first-order valence-corrected chi connectivity index (χ1v) is 11.1. The normalized spacial score (nSPS) is 13.1. The summed E-state index contributed by atoms with van der Waals surface area (Å²) in [6, 6.07) is 11.4. The minimum absolute atomic E-state index is 0.101. The molecule has 0 aliphatic heterocycles. The monoisotopic (exact) mass is 444 g/mol. The maximum atomic E-state index is 15.4. The fourth-order valence-corrected chi connectivity index (χ4v) is 4.52. The van der Waals surface area contributed by atoms with Gasteiger partial charge in [-0.15, -0.1) is 0 Å². The van der Waals surface area contributed by atoms with Gasteiger partial charge in [0.2, 0.25) is 0 Å². The van der Waals surface area contributed by atoms with E-state index in [0.717, 1.165) is 48.2 Å². The van der Waals surface area contributed by atoms with Crippen LogP contribution in [0, 0.1) is 11.6 Å². The van der Waals surface area contributed by atoms with Crippen LogP contribution in [0.25, 0.3) is 22.3 Å². The maximum absolute atomic E-state index is 15.4. The van der Waals surface area contributed by atoms with Gasteiger partial charge in [0.15, 0.2) is 0 Å². The third kappa shape index (κ3) is 4.43. The van der Waals surface area contributed by atoms with Crippen molar-refractivity contribution in [1.29, 1.82) is 0 Å². The molecular weight excluding hydrogens is 419 g/mol. The molecule has 0 fully saturated rings. The summed E-state index contributed by atoms with van der Waals surface area (Å²) in [7, 11) is 0. The van der Waals surface area contributed by atoms with Gasteiger partial charge < -0.3 is 0 Å². The molecule has 0 heterocycles. The predicted octanol–water partition coefficient (Wildman–Crippen LogP) is 8.54. The molecule has 0 N–H and O–H groups in total. The first kappa shape index (κ1) is 22.5. The summed E-state index contributed by atoms with van der Waals surface area (Å²) in [6.45, 7) is 2.18. The zero-order chi connectivity index (χ0) is 22.9. The Morgan fingerprint density at radius 1 is 0.812 bits per heavy atom. The maximum Gasteiger partial charge on any atom is 0.416 e. The Morgan fingerprint density at radius 3 is 2.25 bits per heavy atom. The molecule has 0 aromatic heterocycles. The van der Waals surface area contributed by atoms with Gasteiger partial charge in [0.05, 0.1) is 11.1 Å². The lowest BCUT2D eigenvalue weighted by Gasteiger charge is -2.23. The number of unbranched alkanes of at least 4 members (excludes halogenated alkanes) is 3. The van der Waals surface area contributed by atoms with E-state index >= 15 is 8.78 Å². The van der Waals surface area contributed by atoms with Gasteiger partial charge >= 0.3 is 6.18 Å². The molecule has 1 aliphatic carbocycles. The Hall–Kier alpha value is -2.69. The van der Waals surface area contributed by atoms with Crippen LogP contribution in [0.5, 0.6) is 0 Å². The summed E-state index contributed by atoms with van der Waals surface area (Å²) >= 11 is 0. The number of benzene rings is 3. The molecule has 0 unspecified atom stereocenters. The lowest BCUT2D eigenvalue weighted by Crippen LogP contribution is -2.09. The van der Waals surface area contributed by atoms with Crippen LogP contribution >= 0.6 is 0 Å². The third-order valence-corrected chi connectivity index (χ3v) is 6.24. The van der Waals surface area contributed by atoms with Gasteiger partial charge in [0, 0.05) is 0 Å². The zero-order valence-electron chi connectivity index (χ0n) is 18.0. The third-order valence-electron chi connectivity index (χ3n) is 6.24. The standard InChI is InChI=1S/C27H25F5/c1-2-3-4-5-6-17-7-13-21-19(15-17)10-14-22-23(21)16-24(28)25(26(22)29)18-8-11-20(12-9-18)27(30,31)32/h7-9,11-13,15-16H,2-6,10,14H2,1H3. The van der Waals surface area contributed by atoms with Crippen molar-refractivity contribution in [3.63, 3.8) is 0 Å². The van der Waals surface area contributed by atoms with Gasteiger partial charge in [-0.25, -0.2) is 8.78 Å². The van der Waals surface area contributed by atoms with Gasteiger partial charge in [-0.3, -0.25) is 0 Å². The summed E-state index contributed by atoms with van der Waals surface area (Å²) in [4.78, 5) is 0. The Morgan fingerprint density at radius 2 is 1.56 bits per heavy atom. The van der Waals surface area contributed by atoms with Crippen LogP contribution in [0.3, 0.4) is 0 Å². The van der Waals surface area contributed by atoms with Gasteiger partial charge in [-0.1, -0.05) is 56.5 Å². The van der Waals surface area contributed by atoms with E-state index in [2.05, 4.69) is 13.0 Å². The van der Waals surface area contributed by atoms with Crippen molar-refractivity contribution in [3.05, 3.63) is 82.4 Å². The average Bonchev–Trinajstić information content (AvgIpc) is 2.76. The van der Waals surface area contributed by atoms with E-state index in [1.165, 1.54) is 30.9 Å². The fourth-order valence-electron chi connectivity index (χ4n) is 4.52. The summed E-state index contributed by atoms with van der Waals surface area (Å²) in [5.74, 6) is -1.45. The quantitative estimate of drug-likeness (QED) is 0.264. The largest absolute Gasteiger partial charge is 0.416 e. The summed E-state index contributed by atoms with van der Waals surface area (Å²) in [5, 5.41) is 0. The summed E-state index contributed by atoms with van der Waals surface area (Å²) in [6.07, 6.45) is 2.31. The van der Waals surface area contributed by atoms with Crippen LogP contribution in [-0.2, 0) is 25.4 Å². The van der Waals surface area contributed by atoms with E-state index in [1.807, 2.05) is 12.1 Å². The number of rotatable bonds is 6. The molecule has 5 heteroatoms. The Bertz CT molecular complexity index is 1110. The van der Waals surface area contributed by atoms with Crippen LogP contribution in [0.1, 0.15) is 54.9 Å². The van der Waals surface area contributed by atoms with Crippen LogP contribution in [-0.4, -0.2) is 0 Å². The van der Waals surface area contributed by atoms with Crippen LogP contribution in [0.15, 0.2) is 48.5 Å². The Labute approximate surface area is 185 Å². The van der Waals surface area contributed by atoms with Gasteiger partial charge in [0.25, 0.3) is 0 Å². The number of halogens is 5. The number of fused-ring (bicyclic) bond motifs is 3. The highest BCUT2D eigenvalue weighted by atomic mass is 19.4. The molecule has 0 amide bonds. The molecule has 0 nitrogen and oxygen atoms in total. The minimum Gasteiger partial charge on any atom is -0.206 e. The molecule has 0 radical (unpaired) electrons. The first-order valence-electron chi connectivity index (χ1n) is 11.1. The second kappa shape index (κ2) is 9.05. The Balaban J connectivity index is 1.66. The Kier molecular flexibility index (Phi) is 6.36. The van der Waals surface area contributed by atoms with Crippen molar-refractivity contribution < 1.29 is 22.0 Å². The average molecular weight is 444 g/mol. The van der Waals surface area contributed by atoms with E-state index in [0.29, 0.717) is 24.0 Å². The number of hydrogen-bond donors (Lipinski definition) is 0. The number of hydrogen-bond acceptors (Lipinski definition) is 0. The van der Waals surface area contributed by atoms with Crippen molar-refractivity contribution >= 4 is 0 Å². The second-order valence-corrected chi connectivity index (χ2v) is 8.45. The highest BCUT2D eigenvalue weighted by molar-refractivity contribution is 5.78. The molecule has 0 spiro atoms. The fraction of sp³-hybridized carbons (Fsp3) is 0.333. The highest BCUT2D eigenvalue weighted by Gasteiger charge is 2.31. The molecule has 3 aromatic carbocycles. The van der Waals surface area contributed by atoms with E-state index in [9.17, 15) is 13.2 Å². The predicted molar refractivity (Wildman–Crippen MR) is 117 cm³/mol. The molecule has 0 saturated heterocycles. The summed E-state index contributed by atoms with van der Waals surface area (Å²) < 4.78 is 68.9. The van der Waals surface area contributed by atoms with Gasteiger partial charge in [-0.2, -0.15) is 13.2 Å². The van der Waals surface area contributed by atoms with Crippen molar-refractivity contribution in [2.45, 2.75) is 58.0 Å². The topological polar surface area (TPSA) is 0 Å². The lowest BCUT2D eigenvalue weighted by molar-refractivity contribution is -0.137.